The number of benzene rings is 1. The van der Waals surface area contributed by atoms with E-state index in [1.54, 1.807) is 23.1 Å². The number of hydrogen-bond donors (Lipinski definition) is 3. The van der Waals surface area contributed by atoms with Gasteiger partial charge in [0, 0.05) is 22.9 Å². The highest BCUT2D eigenvalue weighted by Gasteiger charge is 2.66. The Morgan fingerprint density at radius 1 is 1.24 bits per heavy atom. The number of carbonyl (C=O) groups is 3. The summed E-state index contributed by atoms with van der Waals surface area (Å²) in [4.78, 5) is 40.4. The van der Waals surface area contributed by atoms with Gasteiger partial charge in [0.05, 0.1) is 12.1 Å². The van der Waals surface area contributed by atoms with Crippen molar-refractivity contribution in [1.29, 1.82) is 0 Å². The van der Waals surface area contributed by atoms with Crippen molar-refractivity contribution in [2.75, 3.05) is 6.61 Å². The van der Waals surface area contributed by atoms with E-state index in [4.69, 9.17) is 5.73 Å². The number of primary amides is 1. The van der Waals surface area contributed by atoms with E-state index in [0.717, 1.165) is 25.7 Å². The minimum absolute atomic E-state index is 0.0386. The van der Waals surface area contributed by atoms with Crippen LogP contribution in [0.25, 0.3) is 10.9 Å². The topological polar surface area (TPSA) is 131 Å². The number of aromatic nitrogens is 2. The zero-order valence-electron chi connectivity index (χ0n) is 19.6. The smallest absolute Gasteiger partial charge is 0.269 e. The van der Waals surface area contributed by atoms with Crippen molar-refractivity contribution in [3.05, 3.63) is 30.0 Å². The fourth-order valence-corrected chi connectivity index (χ4v) is 6.17. The van der Waals surface area contributed by atoms with Crippen LogP contribution in [0, 0.1) is 11.3 Å². The van der Waals surface area contributed by atoms with E-state index in [-0.39, 0.29) is 48.2 Å². The highest BCUT2D eigenvalue weighted by molar-refractivity contribution is 6.04. The maximum atomic E-state index is 13.5. The molecule has 0 spiro atoms. The number of nitrogens with one attached hydrogen (secondary N) is 1. The van der Waals surface area contributed by atoms with Gasteiger partial charge >= 0.3 is 0 Å². The van der Waals surface area contributed by atoms with Gasteiger partial charge in [-0.25, -0.2) is 0 Å². The molecule has 1 aromatic heterocycles. The van der Waals surface area contributed by atoms with Gasteiger partial charge in [0.15, 0.2) is 5.69 Å². The Labute approximate surface area is 198 Å². The summed E-state index contributed by atoms with van der Waals surface area (Å²) in [7, 11) is 0. The largest absolute Gasteiger partial charge is 0.396 e. The molecule has 3 fully saturated rings. The average molecular weight is 468 g/mol. The van der Waals surface area contributed by atoms with Crippen molar-refractivity contribution in [2.45, 2.75) is 76.5 Å². The molecule has 182 valence electrons. The SMILES string of the molecule is CC[C@H]1CCC[C@H](NC(=O)[C@@H]2C[C@@]3(CO)C[C@H]3N2C(=O)Cn2nc(C(N)=O)c3ccccc32)C1. The monoisotopic (exact) mass is 467 g/mol. The molecule has 2 aliphatic carbocycles. The Morgan fingerprint density at radius 3 is 2.76 bits per heavy atom. The third-order valence-electron chi connectivity index (χ3n) is 8.21. The number of rotatable bonds is 7. The number of likely N-dealkylation sites (tertiary alicyclic amines) is 1. The molecule has 1 saturated heterocycles. The summed E-state index contributed by atoms with van der Waals surface area (Å²) >= 11 is 0. The molecule has 2 aromatic rings. The lowest BCUT2D eigenvalue weighted by Crippen LogP contribution is -2.51. The highest BCUT2D eigenvalue weighted by atomic mass is 16.3. The Bertz CT molecular complexity index is 1130. The van der Waals surface area contributed by atoms with E-state index < -0.39 is 11.9 Å². The van der Waals surface area contributed by atoms with Crippen molar-refractivity contribution in [2.24, 2.45) is 17.1 Å². The summed E-state index contributed by atoms with van der Waals surface area (Å²) in [6.45, 7) is 2.05. The molecule has 1 aliphatic heterocycles. The molecule has 0 bridgehead atoms. The van der Waals surface area contributed by atoms with Crippen LogP contribution in [0.1, 0.15) is 62.4 Å². The second-order valence-corrected chi connectivity index (χ2v) is 10.3. The summed E-state index contributed by atoms with van der Waals surface area (Å²) in [6, 6.07) is 6.54. The molecule has 3 aliphatic rings. The van der Waals surface area contributed by atoms with Crippen LogP contribution in [0.3, 0.4) is 0 Å². The fourth-order valence-electron chi connectivity index (χ4n) is 6.17. The molecule has 5 rings (SSSR count). The Hall–Kier alpha value is -2.94. The molecule has 1 aromatic carbocycles. The minimum Gasteiger partial charge on any atom is -0.396 e. The maximum Gasteiger partial charge on any atom is 0.269 e. The second kappa shape index (κ2) is 8.69. The molecule has 0 radical (unpaired) electrons. The van der Waals surface area contributed by atoms with Crippen LogP contribution in [0.4, 0.5) is 0 Å². The third kappa shape index (κ3) is 3.85. The fraction of sp³-hybridized carbons (Fsp3) is 0.600. The normalized spacial score (nSPS) is 30.2. The van der Waals surface area contributed by atoms with Gasteiger partial charge in [0.2, 0.25) is 11.8 Å². The standard InChI is InChI=1S/C25H33N5O4/c1-2-15-6-5-7-16(10-15)27-24(34)19-11-25(14-31)12-20(25)30(19)21(32)13-29-18-9-4-3-8-17(18)22(28-29)23(26)33/h3-4,8-9,15-16,19-20,31H,2,5-7,10-14H2,1H3,(H2,26,33)(H,27,34)/t15-,16-,19-,20+,25-/m0/s1. The first-order valence-corrected chi connectivity index (χ1v) is 12.3. The van der Waals surface area contributed by atoms with Crippen molar-refractivity contribution >= 4 is 28.6 Å². The highest BCUT2D eigenvalue weighted by Crippen LogP contribution is 2.59. The number of fused-ring (bicyclic) bond motifs is 2. The van der Waals surface area contributed by atoms with Gasteiger partial charge in [-0.1, -0.05) is 44.4 Å². The molecule has 9 nitrogen and oxygen atoms in total. The summed E-state index contributed by atoms with van der Waals surface area (Å²) in [5.41, 5.74) is 5.87. The van der Waals surface area contributed by atoms with Gasteiger partial charge in [0.25, 0.3) is 5.91 Å². The molecule has 3 amide bonds. The number of amides is 3. The zero-order valence-corrected chi connectivity index (χ0v) is 19.6. The van der Waals surface area contributed by atoms with Crippen LogP contribution in [0.15, 0.2) is 24.3 Å². The van der Waals surface area contributed by atoms with Gasteiger partial charge in [-0.15, -0.1) is 0 Å². The lowest BCUT2D eigenvalue weighted by Gasteiger charge is -2.32. The minimum atomic E-state index is -0.653. The quantitative estimate of drug-likeness (QED) is 0.569. The van der Waals surface area contributed by atoms with E-state index >= 15 is 0 Å². The van der Waals surface area contributed by atoms with Gasteiger partial charge in [-0.05, 0) is 37.7 Å². The van der Waals surface area contributed by atoms with Crippen molar-refractivity contribution in [3.63, 3.8) is 0 Å². The molecule has 2 saturated carbocycles. The van der Waals surface area contributed by atoms with Gasteiger partial charge in [-0.3, -0.25) is 19.1 Å². The van der Waals surface area contributed by atoms with E-state index in [0.29, 0.717) is 29.7 Å². The zero-order chi connectivity index (χ0) is 24.0. The second-order valence-electron chi connectivity index (χ2n) is 10.3. The maximum absolute atomic E-state index is 13.5. The molecule has 34 heavy (non-hydrogen) atoms. The van der Waals surface area contributed by atoms with Gasteiger partial charge < -0.3 is 21.1 Å². The first-order valence-electron chi connectivity index (χ1n) is 12.3. The summed E-state index contributed by atoms with van der Waals surface area (Å²) < 4.78 is 1.49. The number of carbonyl (C=O) groups excluding carboxylic acids is 3. The number of hydrogen-bond acceptors (Lipinski definition) is 5. The number of nitrogens with zero attached hydrogens (tertiary/aromatic N) is 3. The van der Waals surface area contributed by atoms with Crippen LogP contribution < -0.4 is 11.1 Å². The Morgan fingerprint density at radius 2 is 2.03 bits per heavy atom. The number of piperidine rings is 1. The average Bonchev–Trinajstić information content (AvgIpc) is 3.26. The summed E-state index contributed by atoms with van der Waals surface area (Å²) in [6.07, 6.45) is 6.54. The number of aliphatic hydroxyl groups is 1. The van der Waals surface area contributed by atoms with E-state index in [9.17, 15) is 19.5 Å². The lowest BCUT2D eigenvalue weighted by molar-refractivity contribution is -0.140. The van der Waals surface area contributed by atoms with E-state index in [1.807, 2.05) is 6.07 Å². The predicted molar refractivity (Wildman–Crippen MR) is 126 cm³/mol. The van der Waals surface area contributed by atoms with E-state index in [1.165, 1.54) is 11.1 Å². The first-order chi connectivity index (χ1) is 16.4. The molecular weight excluding hydrogens is 434 g/mol. The number of nitrogens with two attached hydrogens (primary N) is 1. The molecule has 0 unspecified atom stereocenters. The van der Waals surface area contributed by atoms with Gasteiger partial charge in [-0.2, -0.15) is 5.10 Å². The van der Waals surface area contributed by atoms with Crippen LogP contribution >= 0.6 is 0 Å². The summed E-state index contributed by atoms with van der Waals surface area (Å²) in [5, 5.41) is 18.1. The van der Waals surface area contributed by atoms with Crippen molar-refractivity contribution < 1.29 is 19.5 Å². The Kier molecular flexibility index (Phi) is 5.83. The van der Waals surface area contributed by atoms with Crippen LogP contribution in [-0.2, 0) is 16.1 Å². The molecule has 9 heteroatoms. The summed E-state index contributed by atoms with van der Waals surface area (Å²) in [5.74, 6) is -0.388. The van der Waals surface area contributed by atoms with Crippen LogP contribution in [0.5, 0.6) is 0 Å². The number of aliphatic hydroxyl groups excluding tert-OH is 1. The molecular formula is C25H33N5O4. The van der Waals surface area contributed by atoms with Crippen molar-refractivity contribution in [1.82, 2.24) is 20.0 Å². The third-order valence-corrected chi connectivity index (χ3v) is 8.21. The van der Waals surface area contributed by atoms with Crippen LogP contribution in [0.2, 0.25) is 0 Å². The molecule has 2 heterocycles. The van der Waals surface area contributed by atoms with Gasteiger partial charge in [0.1, 0.15) is 12.6 Å². The van der Waals surface area contributed by atoms with Crippen molar-refractivity contribution in [3.8, 4) is 0 Å². The first kappa shape index (κ1) is 22.8. The Balaban J connectivity index is 1.36. The number of para-hydroxylation sites is 1. The molecule has 5 atom stereocenters. The predicted octanol–water partition coefficient (Wildman–Crippen LogP) is 1.57. The van der Waals surface area contributed by atoms with E-state index in [2.05, 4.69) is 17.3 Å². The molecule has 4 N–H and O–H groups in total. The lowest BCUT2D eigenvalue weighted by atomic mass is 9.84. The van der Waals surface area contributed by atoms with Crippen LogP contribution in [-0.4, -0.2) is 62.2 Å².